The number of aromatic nitrogens is 2. The molecular weight excluding hydrogens is 136 g/mol. The van der Waals surface area contributed by atoms with Crippen molar-refractivity contribution in [1.29, 1.82) is 0 Å². The predicted molar refractivity (Wildman–Crippen MR) is 43.2 cm³/mol. The minimum absolute atomic E-state index is 0.690. The first-order valence-corrected chi connectivity index (χ1v) is 4.38. The number of hydrogen-bond donors (Lipinski definition) is 1. The zero-order chi connectivity index (χ0) is 7.52. The van der Waals surface area contributed by atoms with Crippen molar-refractivity contribution >= 4 is 0 Å². The molecule has 0 bridgehead atoms. The third-order valence-corrected chi connectivity index (χ3v) is 2.46. The van der Waals surface area contributed by atoms with Crippen LogP contribution < -0.4 is 0 Å². The van der Waals surface area contributed by atoms with E-state index in [1.54, 1.807) is 6.20 Å². The molecule has 1 fully saturated rings. The maximum absolute atomic E-state index is 4.16. The van der Waals surface area contributed by atoms with E-state index in [4.69, 9.17) is 0 Å². The third kappa shape index (κ3) is 1.44. The van der Waals surface area contributed by atoms with Gasteiger partial charge in [0.2, 0.25) is 0 Å². The monoisotopic (exact) mass is 149 g/mol. The van der Waals surface area contributed by atoms with Gasteiger partial charge >= 0.3 is 0 Å². The summed E-state index contributed by atoms with van der Waals surface area (Å²) in [5.41, 5.74) is 0. The molecule has 1 aromatic rings. The molecule has 0 atom stereocenters. The minimum atomic E-state index is 0.690. The second-order valence-electron chi connectivity index (χ2n) is 3.25. The Hall–Kier alpha value is -0.790. The largest absolute Gasteiger partial charge is 0.348 e. The van der Waals surface area contributed by atoms with E-state index in [9.17, 15) is 0 Å². The highest BCUT2D eigenvalue weighted by Crippen LogP contribution is 2.29. The number of nitrogens with one attached hydrogen (secondary N) is 1. The average molecular weight is 149 g/mol. The SMILES string of the molecule is [c]1c[nH]c(C2CCCCC2)n1. The van der Waals surface area contributed by atoms with Crippen LogP contribution >= 0.6 is 0 Å². The third-order valence-electron chi connectivity index (χ3n) is 2.46. The lowest BCUT2D eigenvalue weighted by Crippen LogP contribution is -2.05. The number of H-pyrrole nitrogens is 1. The summed E-state index contributed by atoms with van der Waals surface area (Å²) in [7, 11) is 0. The van der Waals surface area contributed by atoms with Crippen LogP contribution in [0.3, 0.4) is 0 Å². The summed E-state index contributed by atoms with van der Waals surface area (Å²) in [4.78, 5) is 7.30. The lowest BCUT2D eigenvalue weighted by Gasteiger charge is -2.18. The Morgan fingerprint density at radius 1 is 1.36 bits per heavy atom. The first kappa shape index (κ1) is 6.89. The van der Waals surface area contributed by atoms with E-state index in [0.717, 1.165) is 5.82 Å². The molecule has 1 saturated carbocycles. The second-order valence-corrected chi connectivity index (χ2v) is 3.25. The van der Waals surface area contributed by atoms with E-state index < -0.39 is 0 Å². The van der Waals surface area contributed by atoms with Crippen molar-refractivity contribution in [2.75, 3.05) is 0 Å². The zero-order valence-corrected chi connectivity index (χ0v) is 6.64. The summed E-state index contributed by atoms with van der Waals surface area (Å²) in [5.74, 6) is 1.83. The van der Waals surface area contributed by atoms with E-state index in [1.165, 1.54) is 32.1 Å². The predicted octanol–water partition coefficient (Wildman–Crippen LogP) is 2.26. The van der Waals surface area contributed by atoms with E-state index >= 15 is 0 Å². The van der Waals surface area contributed by atoms with Crippen LogP contribution in [0, 0.1) is 6.20 Å². The van der Waals surface area contributed by atoms with Gasteiger partial charge in [-0.3, -0.25) is 0 Å². The van der Waals surface area contributed by atoms with E-state index in [2.05, 4.69) is 16.2 Å². The lowest BCUT2D eigenvalue weighted by molar-refractivity contribution is 0.431. The highest BCUT2D eigenvalue weighted by molar-refractivity contribution is 4.96. The molecule has 0 spiro atoms. The Kier molecular flexibility index (Phi) is 1.93. The van der Waals surface area contributed by atoms with Gasteiger partial charge in [-0.15, -0.1) is 0 Å². The fraction of sp³-hybridized carbons (Fsp3) is 0.667. The number of rotatable bonds is 1. The van der Waals surface area contributed by atoms with Gasteiger partial charge in [-0.25, -0.2) is 4.98 Å². The van der Waals surface area contributed by atoms with Gasteiger partial charge in [-0.1, -0.05) is 19.3 Å². The van der Waals surface area contributed by atoms with Crippen LogP contribution in [0.1, 0.15) is 43.8 Å². The van der Waals surface area contributed by atoms with Gasteiger partial charge in [0.1, 0.15) is 12.0 Å². The molecule has 1 aliphatic rings. The smallest absolute Gasteiger partial charge is 0.109 e. The van der Waals surface area contributed by atoms with E-state index in [0.29, 0.717) is 5.92 Å². The molecule has 1 aliphatic carbocycles. The van der Waals surface area contributed by atoms with Crippen LogP contribution in [0.2, 0.25) is 0 Å². The maximum atomic E-state index is 4.16. The van der Waals surface area contributed by atoms with E-state index in [1.807, 2.05) is 0 Å². The minimum Gasteiger partial charge on any atom is -0.348 e. The highest BCUT2D eigenvalue weighted by atomic mass is 14.9. The van der Waals surface area contributed by atoms with Crippen LogP contribution in [0.5, 0.6) is 0 Å². The van der Waals surface area contributed by atoms with Crippen LogP contribution in [0.25, 0.3) is 0 Å². The van der Waals surface area contributed by atoms with E-state index in [-0.39, 0.29) is 0 Å². The molecular formula is C9H13N2. The average Bonchev–Trinajstić information content (AvgIpc) is 2.58. The number of hydrogen-bond acceptors (Lipinski definition) is 1. The Morgan fingerprint density at radius 2 is 2.18 bits per heavy atom. The second kappa shape index (κ2) is 3.07. The first-order chi connectivity index (χ1) is 5.47. The normalized spacial score (nSPS) is 20.4. The molecule has 2 rings (SSSR count). The molecule has 1 heterocycles. The summed E-state index contributed by atoms with van der Waals surface area (Å²) in [5, 5.41) is 0. The maximum Gasteiger partial charge on any atom is 0.109 e. The topological polar surface area (TPSA) is 28.7 Å². The zero-order valence-electron chi connectivity index (χ0n) is 6.64. The Morgan fingerprint density at radius 3 is 2.82 bits per heavy atom. The number of imidazole rings is 1. The van der Waals surface area contributed by atoms with Gasteiger partial charge in [0.05, 0.1) is 0 Å². The van der Waals surface area contributed by atoms with Crippen LogP contribution in [-0.2, 0) is 0 Å². The van der Waals surface area contributed by atoms with Crippen molar-refractivity contribution in [3.63, 3.8) is 0 Å². The summed E-state index contributed by atoms with van der Waals surface area (Å²) in [6.07, 6.45) is 11.4. The Balaban J connectivity index is 2.04. The molecule has 1 aromatic heterocycles. The molecule has 0 saturated heterocycles. The highest BCUT2D eigenvalue weighted by Gasteiger charge is 2.16. The lowest BCUT2D eigenvalue weighted by atomic mass is 9.89. The molecule has 0 aliphatic heterocycles. The molecule has 0 aromatic carbocycles. The number of aromatic amines is 1. The van der Waals surface area contributed by atoms with Gasteiger partial charge in [-0.05, 0) is 12.8 Å². The van der Waals surface area contributed by atoms with Crippen molar-refractivity contribution < 1.29 is 0 Å². The van der Waals surface area contributed by atoms with Crippen molar-refractivity contribution in [2.45, 2.75) is 38.0 Å². The van der Waals surface area contributed by atoms with Crippen molar-refractivity contribution in [3.8, 4) is 0 Å². The van der Waals surface area contributed by atoms with Gasteiger partial charge < -0.3 is 4.98 Å². The fourth-order valence-corrected chi connectivity index (χ4v) is 1.83. The summed E-state index contributed by atoms with van der Waals surface area (Å²) in [6, 6.07) is 0. The first-order valence-electron chi connectivity index (χ1n) is 4.38. The van der Waals surface area contributed by atoms with Crippen molar-refractivity contribution in [1.82, 2.24) is 9.97 Å². The van der Waals surface area contributed by atoms with Gasteiger partial charge in [-0.2, -0.15) is 0 Å². The molecule has 2 nitrogen and oxygen atoms in total. The molecule has 11 heavy (non-hydrogen) atoms. The van der Waals surface area contributed by atoms with Gasteiger partial charge in [0.25, 0.3) is 0 Å². The van der Waals surface area contributed by atoms with Gasteiger partial charge in [0, 0.05) is 12.1 Å². The standard InChI is InChI=1S/C9H13N2/c1-2-4-8(5-3-1)9-10-6-7-11-9/h6,8H,1-5H2,(H,10,11). The number of nitrogens with zero attached hydrogens (tertiary/aromatic N) is 1. The Labute approximate surface area is 67.0 Å². The summed E-state index contributed by atoms with van der Waals surface area (Å²) >= 11 is 0. The van der Waals surface area contributed by atoms with Crippen LogP contribution in [0.4, 0.5) is 0 Å². The quantitative estimate of drug-likeness (QED) is 0.651. The molecule has 1 N–H and O–H groups in total. The molecule has 2 heteroatoms. The van der Waals surface area contributed by atoms with Crippen molar-refractivity contribution in [2.24, 2.45) is 0 Å². The fourth-order valence-electron chi connectivity index (χ4n) is 1.83. The van der Waals surface area contributed by atoms with Gasteiger partial charge in [0.15, 0.2) is 0 Å². The van der Waals surface area contributed by atoms with Crippen molar-refractivity contribution in [3.05, 3.63) is 18.2 Å². The molecule has 0 unspecified atom stereocenters. The molecule has 59 valence electrons. The summed E-state index contributed by atoms with van der Waals surface area (Å²) in [6.45, 7) is 0. The van der Waals surface area contributed by atoms with Crippen LogP contribution in [0.15, 0.2) is 6.20 Å². The Bertz CT molecular complexity index is 197. The molecule has 1 radical (unpaired) electrons. The molecule has 0 amide bonds. The van der Waals surface area contributed by atoms with Crippen LogP contribution in [-0.4, -0.2) is 9.97 Å². The summed E-state index contributed by atoms with van der Waals surface area (Å²) < 4.78 is 0.